The van der Waals surface area contributed by atoms with E-state index >= 15 is 0 Å². The first-order valence-electron chi connectivity index (χ1n) is 8.61. The van der Waals surface area contributed by atoms with Gasteiger partial charge in [-0.3, -0.25) is 0 Å². The molecular weight excluding hydrogens is 314 g/mol. The van der Waals surface area contributed by atoms with Crippen molar-refractivity contribution >= 4 is 5.96 Å². The van der Waals surface area contributed by atoms with Crippen LogP contribution in [0.25, 0.3) is 0 Å². The number of ether oxygens (including phenoxy) is 2. The van der Waals surface area contributed by atoms with Gasteiger partial charge in [0.05, 0.1) is 19.8 Å². The van der Waals surface area contributed by atoms with Gasteiger partial charge in [0.2, 0.25) is 0 Å². The molecule has 1 aliphatic rings. The van der Waals surface area contributed by atoms with Crippen molar-refractivity contribution in [3.05, 3.63) is 59.7 Å². The third-order valence-corrected chi connectivity index (χ3v) is 3.97. The van der Waals surface area contributed by atoms with Crippen LogP contribution in [0.1, 0.15) is 17.5 Å². The van der Waals surface area contributed by atoms with Crippen molar-refractivity contribution in [2.45, 2.75) is 19.5 Å². The summed E-state index contributed by atoms with van der Waals surface area (Å²) in [6.45, 7) is 2.67. The van der Waals surface area contributed by atoms with Crippen molar-refractivity contribution < 1.29 is 9.47 Å². The van der Waals surface area contributed by atoms with Crippen LogP contribution in [0.5, 0.6) is 11.5 Å². The zero-order valence-corrected chi connectivity index (χ0v) is 14.9. The van der Waals surface area contributed by atoms with Gasteiger partial charge in [-0.1, -0.05) is 42.5 Å². The highest BCUT2D eigenvalue weighted by Gasteiger charge is 2.14. The molecule has 1 heterocycles. The van der Waals surface area contributed by atoms with Crippen molar-refractivity contribution in [1.82, 2.24) is 10.2 Å². The lowest BCUT2D eigenvalue weighted by molar-refractivity contribution is 0.296. The van der Waals surface area contributed by atoms with Gasteiger partial charge in [0.25, 0.3) is 0 Å². The predicted octanol–water partition coefficient (Wildman–Crippen LogP) is 3.06. The second-order valence-corrected chi connectivity index (χ2v) is 6.17. The fraction of sp³-hybridized carbons (Fsp3) is 0.350. The van der Waals surface area contributed by atoms with E-state index in [1.807, 2.05) is 49.3 Å². The molecule has 0 fully saturated rings. The third-order valence-electron chi connectivity index (χ3n) is 3.97. The molecular formula is C20H25N3O2. The van der Waals surface area contributed by atoms with E-state index in [1.165, 1.54) is 5.56 Å². The van der Waals surface area contributed by atoms with Crippen LogP contribution >= 0.6 is 0 Å². The molecule has 1 aliphatic heterocycles. The predicted molar refractivity (Wildman–Crippen MR) is 100 cm³/mol. The van der Waals surface area contributed by atoms with Gasteiger partial charge in [-0.2, -0.15) is 0 Å². The molecule has 132 valence electrons. The number of fused-ring (bicyclic) bond motifs is 1. The summed E-state index contributed by atoms with van der Waals surface area (Å²) in [7, 11) is 3.98. The van der Waals surface area contributed by atoms with Crippen molar-refractivity contribution in [2.75, 3.05) is 27.3 Å². The van der Waals surface area contributed by atoms with Gasteiger partial charge in [-0.15, -0.1) is 0 Å². The van der Waals surface area contributed by atoms with E-state index in [4.69, 9.17) is 14.5 Å². The Balaban J connectivity index is 1.70. The molecule has 3 rings (SSSR count). The molecule has 1 N–H and O–H groups in total. The van der Waals surface area contributed by atoms with Crippen molar-refractivity contribution in [1.29, 1.82) is 0 Å². The number of hydrogen-bond donors (Lipinski definition) is 1. The van der Waals surface area contributed by atoms with E-state index in [-0.39, 0.29) is 0 Å². The summed E-state index contributed by atoms with van der Waals surface area (Å²) in [6, 6.07) is 16.3. The zero-order valence-electron chi connectivity index (χ0n) is 14.9. The van der Waals surface area contributed by atoms with Crippen LogP contribution in [-0.2, 0) is 13.1 Å². The van der Waals surface area contributed by atoms with Gasteiger partial charge >= 0.3 is 0 Å². The van der Waals surface area contributed by atoms with Crippen molar-refractivity contribution in [3.63, 3.8) is 0 Å². The maximum atomic E-state index is 5.88. The van der Waals surface area contributed by atoms with Gasteiger partial charge in [-0.25, -0.2) is 4.99 Å². The molecule has 5 nitrogen and oxygen atoms in total. The van der Waals surface area contributed by atoms with Gasteiger partial charge in [0, 0.05) is 32.6 Å². The SMILES string of the molecule is CN(C)C(=NCc1ccccc1)NCc1cccc2c1OCCCO2. The number of hydrogen-bond acceptors (Lipinski definition) is 3. The van der Waals surface area contributed by atoms with Gasteiger partial charge in [0.15, 0.2) is 17.5 Å². The number of rotatable bonds is 4. The van der Waals surface area contributed by atoms with Gasteiger partial charge in [0.1, 0.15) is 0 Å². The van der Waals surface area contributed by atoms with Crippen molar-refractivity contribution in [2.24, 2.45) is 4.99 Å². The van der Waals surface area contributed by atoms with Gasteiger partial charge < -0.3 is 19.7 Å². The number of para-hydroxylation sites is 1. The molecule has 0 spiro atoms. The summed E-state index contributed by atoms with van der Waals surface area (Å²) < 4.78 is 11.6. The highest BCUT2D eigenvalue weighted by Crippen LogP contribution is 2.33. The molecule has 0 aromatic heterocycles. The van der Waals surface area contributed by atoms with Crippen LogP contribution in [0.3, 0.4) is 0 Å². The average Bonchev–Trinajstić information content (AvgIpc) is 2.88. The minimum atomic E-state index is 0.637. The lowest BCUT2D eigenvalue weighted by Crippen LogP contribution is -2.36. The Labute approximate surface area is 149 Å². The second kappa shape index (κ2) is 8.42. The summed E-state index contributed by atoms with van der Waals surface area (Å²) in [5.74, 6) is 2.51. The highest BCUT2D eigenvalue weighted by molar-refractivity contribution is 5.79. The monoisotopic (exact) mass is 339 g/mol. The lowest BCUT2D eigenvalue weighted by atomic mass is 10.2. The molecule has 0 aliphatic carbocycles. The molecule has 0 radical (unpaired) electrons. The Morgan fingerprint density at radius 2 is 1.84 bits per heavy atom. The minimum Gasteiger partial charge on any atom is -0.490 e. The number of nitrogens with zero attached hydrogens (tertiary/aromatic N) is 2. The quantitative estimate of drug-likeness (QED) is 0.687. The number of guanidine groups is 1. The summed E-state index contributed by atoms with van der Waals surface area (Å²) in [6.07, 6.45) is 0.906. The standard InChI is InChI=1S/C20H25N3O2/c1-23(2)20(21-14-16-8-4-3-5-9-16)22-15-17-10-6-11-18-19(17)25-13-7-12-24-18/h3-6,8-11H,7,12-15H2,1-2H3,(H,21,22). The molecule has 0 amide bonds. The first kappa shape index (κ1) is 17.1. The van der Waals surface area contributed by atoms with Crippen molar-refractivity contribution in [3.8, 4) is 11.5 Å². The molecule has 0 bridgehead atoms. The van der Waals surface area contributed by atoms with Crippen LogP contribution in [0.15, 0.2) is 53.5 Å². The smallest absolute Gasteiger partial charge is 0.194 e. The molecule has 25 heavy (non-hydrogen) atoms. The first-order chi connectivity index (χ1) is 12.2. The molecule has 0 unspecified atom stereocenters. The molecule has 0 saturated carbocycles. The average molecular weight is 339 g/mol. The van der Waals surface area contributed by atoms with Crippen LogP contribution in [-0.4, -0.2) is 38.2 Å². The Hall–Kier alpha value is -2.69. The fourth-order valence-electron chi connectivity index (χ4n) is 2.67. The van der Waals surface area contributed by atoms with E-state index in [0.717, 1.165) is 29.4 Å². The zero-order chi connectivity index (χ0) is 17.5. The molecule has 2 aromatic carbocycles. The molecule has 2 aromatic rings. The Bertz CT molecular complexity index is 714. The van der Waals surface area contributed by atoms with E-state index < -0.39 is 0 Å². The van der Waals surface area contributed by atoms with E-state index in [0.29, 0.717) is 26.3 Å². The molecule has 0 atom stereocenters. The minimum absolute atomic E-state index is 0.637. The Kier molecular flexibility index (Phi) is 5.77. The largest absolute Gasteiger partial charge is 0.490 e. The van der Waals surface area contributed by atoms with Crippen LogP contribution in [0, 0.1) is 0 Å². The van der Waals surface area contributed by atoms with Crippen LogP contribution in [0.4, 0.5) is 0 Å². The second-order valence-electron chi connectivity index (χ2n) is 6.17. The normalized spacial score (nSPS) is 13.9. The van der Waals surface area contributed by atoms with E-state index in [9.17, 15) is 0 Å². The van der Waals surface area contributed by atoms with Gasteiger partial charge in [-0.05, 0) is 11.6 Å². The Morgan fingerprint density at radius 3 is 2.64 bits per heavy atom. The molecule has 0 saturated heterocycles. The number of nitrogens with one attached hydrogen (secondary N) is 1. The summed E-state index contributed by atoms with van der Waals surface area (Å²) in [5.41, 5.74) is 2.27. The first-order valence-corrected chi connectivity index (χ1v) is 8.61. The lowest BCUT2D eigenvalue weighted by Gasteiger charge is -2.19. The summed E-state index contributed by atoms with van der Waals surface area (Å²) in [4.78, 5) is 6.69. The Morgan fingerprint density at radius 1 is 1.04 bits per heavy atom. The van der Waals surface area contributed by atoms with Crippen LogP contribution in [0.2, 0.25) is 0 Å². The van der Waals surface area contributed by atoms with E-state index in [2.05, 4.69) is 23.5 Å². The third kappa shape index (κ3) is 4.66. The topological polar surface area (TPSA) is 46.1 Å². The maximum Gasteiger partial charge on any atom is 0.194 e. The molecule has 5 heteroatoms. The fourth-order valence-corrected chi connectivity index (χ4v) is 2.67. The summed E-state index contributed by atoms with van der Waals surface area (Å²) in [5, 5.41) is 3.42. The number of benzene rings is 2. The summed E-state index contributed by atoms with van der Waals surface area (Å²) >= 11 is 0. The van der Waals surface area contributed by atoms with Crippen LogP contribution < -0.4 is 14.8 Å². The highest BCUT2D eigenvalue weighted by atomic mass is 16.5. The maximum absolute atomic E-state index is 5.88. The number of aliphatic imine (C=N–C) groups is 1. The van der Waals surface area contributed by atoms with E-state index in [1.54, 1.807) is 0 Å².